The number of aromatic amines is 1. The van der Waals surface area contributed by atoms with Crippen molar-refractivity contribution in [2.75, 3.05) is 0 Å². The molecule has 3 aromatic heterocycles. The summed E-state index contributed by atoms with van der Waals surface area (Å²) in [7, 11) is 0. The molecule has 0 aliphatic heterocycles. The van der Waals surface area contributed by atoms with Crippen molar-refractivity contribution < 1.29 is 0 Å². The molecule has 1 N–H and O–H groups in total. The molecule has 3 heterocycles. The molecule has 0 radical (unpaired) electrons. The Hall–Kier alpha value is -2.21. The minimum Gasteiger partial charge on any atom is -0.306 e. The van der Waals surface area contributed by atoms with Crippen LogP contribution < -0.4 is 5.56 Å². The highest BCUT2D eigenvalue weighted by molar-refractivity contribution is 6.29. The summed E-state index contributed by atoms with van der Waals surface area (Å²) in [4.78, 5) is 24.6. The maximum Gasteiger partial charge on any atom is 0.262 e. The Kier molecular flexibility index (Phi) is 4.07. The number of aromatic nitrogens is 5. The normalized spacial score (nSPS) is 15.3. The molecule has 1 saturated carbocycles. The van der Waals surface area contributed by atoms with Gasteiger partial charge >= 0.3 is 0 Å². The van der Waals surface area contributed by atoms with E-state index in [4.69, 9.17) is 21.7 Å². The highest BCUT2D eigenvalue weighted by Crippen LogP contribution is 2.32. The molecule has 7 heteroatoms. The van der Waals surface area contributed by atoms with Gasteiger partial charge in [0.2, 0.25) is 0 Å². The van der Waals surface area contributed by atoms with Gasteiger partial charge in [0.25, 0.3) is 5.56 Å². The zero-order chi connectivity index (χ0) is 17.6. The first-order chi connectivity index (χ1) is 12.1. The van der Waals surface area contributed by atoms with Crippen LogP contribution in [0.25, 0.3) is 22.4 Å². The molecular weight excluding hydrogens is 338 g/mol. The minimum absolute atomic E-state index is 0.147. The van der Waals surface area contributed by atoms with Crippen LogP contribution in [0.2, 0.25) is 5.15 Å². The number of nitrogens with one attached hydrogen (secondary N) is 1. The number of pyridine rings is 1. The molecule has 1 aliphatic rings. The summed E-state index contributed by atoms with van der Waals surface area (Å²) >= 11 is 6.07. The molecule has 25 heavy (non-hydrogen) atoms. The van der Waals surface area contributed by atoms with E-state index >= 15 is 0 Å². The van der Waals surface area contributed by atoms with Crippen molar-refractivity contribution in [1.29, 1.82) is 0 Å². The summed E-state index contributed by atoms with van der Waals surface area (Å²) in [6, 6.07) is 3.91. The lowest BCUT2D eigenvalue weighted by Crippen LogP contribution is -2.12. The number of aryl methyl sites for hydroxylation is 2. The van der Waals surface area contributed by atoms with Gasteiger partial charge in [-0.05, 0) is 38.3 Å². The summed E-state index contributed by atoms with van der Waals surface area (Å²) in [5.41, 5.74) is 2.88. The van der Waals surface area contributed by atoms with Crippen LogP contribution in [0.15, 0.2) is 16.9 Å². The van der Waals surface area contributed by atoms with E-state index in [0.717, 1.165) is 29.8 Å². The fourth-order valence-electron chi connectivity index (χ4n) is 3.67. The Morgan fingerprint density at radius 2 is 2.04 bits per heavy atom. The summed E-state index contributed by atoms with van der Waals surface area (Å²) in [5, 5.41) is 5.71. The molecule has 0 bridgehead atoms. The zero-order valence-corrected chi connectivity index (χ0v) is 15.1. The Morgan fingerprint density at radius 1 is 1.28 bits per heavy atom. The first-order valence-corrected chi connectivity index (χ1v) is 9.10. The molecule has 0 atom stereocenters. The van der Waals surface area contributed by atoms with Crippen LogP contribution in [0.5, 0.6) is 0 Å². The third kappa shape index (κ3) is 2.84. The van der Waals surface area contributed by atoms with Crippen molar-refractivity contribution in [3.8, 4) is 11.4 Å². The predicted molar refractivity (Wildman–Crippen MR) is 98.0 cm³/mol. The summed E-state index contributed by atoms with van der Waals surface area (Å²) in [5.74, 6) is 0.506. The van der Waals surface area contributed by atoms with Crippen LogP contribution in [-0.2, 0) is 6.42 Å². The predicted octanol–water partition coefficient (Wildman–Crippen LogP) is 3.82. The molecule has 0 unspecified atom stereocenters. The molecule has 130 valence electrons. The molecule has 4 rings (SSSR count). The van der Waals surface area contributed by atoms with Crippen LogP contribution in [0.3, 0.4) is 0 Å². The first kappa shape index (κ1) is 16.3. The number of halogens is 1. The van der Waals surface area contributed by atoms with E-state index in [2.05, 4.69) is 9.97 Å². The van der Waals surface area contributed by atoms with E-state index in [1.807, 2.05) is 24.6 Å². The van der Waals surface area contributed by atoms with E-state index in [0.29, 0.717) is 34.5 Å². The van der Waals surface area contributed by atoms with E-state index < -0.39 is 0 Å². The number of rotatable bonds is 3. The molecule has 0 spiro atoms. The lowest BCUT2D eigenvalue weighted by molar-refractivity contribution is 0.474. The van der Waals surface area contributed by atoms with Crippen molar-refractivity contribution in [2.45, 2.75) is 52.0 Å². The fraction of sp³-hybridized carbons (Fsp3) is 0.444. The van der Waals surface area contributed by atoms with Gasteiger partial charge in [-0.1, -0.05) is 31.4 Å². The molecule has 0 amide bonds. The van der Waals surface area contributed by atoms with Crippen LogP contribution in [-0.4, -0.2) is 24.7 Å². The molecule has 0 aromatic carbocycles. The summed E-state index contributed by atoms with van der Waals surface area (Å²) in [6.45, 7) is 3.88. The van der Waals surface area contributed by atoms with Crippen molar-refractivity contribution in [1.82, 2.24) is 24.7 Å². The highest BCUT2D eigenvalue weighted by atomic mass is 35.5. The number of H-pyrrole nitrogens is 1. The fourth-order valence-corrected chi connectivity index (χ4v) is 3.92. The Labute approximate surface area is 150 Å². The maximum absolute atomic E-state index is 12.8. The van der Waals surface area contributed by atoms with Gasteiger partial charge in [0.15, 0.2) is 5.65 Å². The lowest BCUT2D eigenvalue weighted by Gasteiger charge is -2.11. The number of nitrogens with zero attached hydrogens (tertiary/aromatic N) is 4. The third-order valence-corrected chi connectivity index (χ3v) is 5.03. The van der Waals surface area contributed by atoms with Crippen molar-refractivity contribution in [2.24, 2.45) is 0 Å². The smallest absolute Gasteiger partial charge is 0.262 e. The van der Waals surface area contributed by atoms with Crippen LogP contribution in [0.4, 0.5) is 0 Å². The Morgan fingerprint density at radius 3 is 2.72 bits per heavy atom. The standard InChI is InChI=1S/C18H20ClN5O/c1-3-13-15-17(24(23-13)12-6-4-5-7-12)21-16(22-18(15)25)11-8-10(2)20-14(19)9-11/h8-9,12H,3-7H2,1-2H3,(H,21,22,25). The largest absolute Gasteiger partial charge is 0.306 e. The van der Waals surface area contributed by atoms with Crippen LogP contribution in [0.1, 0.15) is 50.0 Å². The number of hydrogen-bond acceptors (Lipinski definition) is 4. The second-order valence-electron chi connectivity index (χ2n) is 6.62. The third-order valence-electron chi connectivity index (χ3n) is 4.84. The van der Waals surface area contributed by atoms with E-state index in [1.165, 1.54) is 12.8 Å². The Balaban J connectivity index is 1.96. The van der Waals surface area contributed by atoms with Gasteiger partial charge in [-0.3, -0.25) is 4.79 Å². The monoisotopic (exact) mass is 357 g/mol. The van der Waals surface area contributed by atoms with E-state index in [-0.39, 0.29) is 5.56 Å². The quantitative estimate of drug-likeness (QED) is 0.723. The average molecular weight is 358 g/mol. The maximum atomic E-state index is 12.8. The van der Waals surface area contributed by atoms with Crippen molar-refractivity contribution >= 4 is 22.6 Å². The molecule has 0 saturated heterocycles. The minimum atomic E-state index is -0.147. The van der Waals surface area contributed by atoms with Gasteiger partial charge in [0.1, 0.15) is 16.4 Å². The van der Waals surface area contributed by atoms with Gasteiger partial charge in [0, 0.05) is 11.3 Å². The second kappa shape index (κ2) is 6.26. The van der Waals surface area contributed by atoms with E-state index in [1.54, 1.807) is 6.07 Å². The van der Waals surface area contributed by atoms with E-state index in [9.17, 15) is 4.79 Å². The average Bonchev–Trinajstić information content (AvgIpc) is 3.21. The molecule has 1 fully saturated rings. The topological polar surface area (TPSA) is 76.5 Å². The SMILES string of the molecule is CCc1nn(C2CCCC2)c2nc(-c3cc(C)nc(Cl)c3)[nH]c(=O)c12. The molecule has 6 nitrogen and oxygen atoms in total. The Bertz CT molecular complexity index is 980. The lowest BCUT2D eigenvalue weighted by atomic mass is 10.2. The zero-order valence-electron chi connectivity index (χ0n) is 14.3. The van der Waals surface area contributed by atoms with Crippen LogP contribution in [0, 0.1) is 6.92 Å². The van der Waals surface area contributed by atoms with Gasteiger partial charge in [-0.25, -0.2) is 14.6 Å². The molecular formula is C18H20ClN5O. The summed E-state index contributed by atoms with van der Waals surface area (Å²) in [6.07, 6.45) is 5.28. The first-order valence-electron chi connectivity index (χ1n) is 8.72. The van der Waals surface area contributed by atoms with Crippen molar-refractivity contribution in [3.05, 3.63) is 39.0 Å². The molecule has 1 aliphatic carbocycles. The number of hydrogen-bond donors (Lipinski definition) is 1. The highest BCUT2D eigenvalue weighted by Gasteiger charge is 2.24. The molecule has 3 aromatic rings. The number of fused-ring (bicyclic) bond motifs is 1. The van der Waals surface area contributed by atoms with Gasteiger partial charge in [-0.2, -0.15) is 5.10 Å². The van der Waals surface area contributed by atoms with Gasteiger partial charge in [0.05, 0.1) is 11.7 Å². The van der Waals surface area contributed by atoms with Gasteiger partial charge in [-0.15, -0.1) is 0 Å². The summed E-state index contributed by atoms with van der Waals surface area (Å²) < 4.78 is 1.97. The second-order valence-corrected chi connectivity index (χ2v) is 7.00. The van der Waals surface area contributed by atoms with Crippen LogP contribution >= 0.6 is 11.6 Å². The van der Waals surface area contributed by atoms with Crippen molar-refractivity contribution in [3.63, 3.8) is 0 Å². The van der Waals surface area contributed by atoms with Gasteiger partial charge < -0.3 is 4.98 Å².